The van der Waals surface area contributed by atoms with Crippen molar-refractivity contribution in [2.45, 2.75) is 45.3 Å². The Hall–Kier alpha value is -4.59. The van der Waals surface area contributed by atoms with Crippen LogP contribution in [0, 0.1) is 5.41 Å². The summed E-state index contributed by atoms with van der Waals surface area (Å²) in [4.78, 5) is 24.5. The summed E-state index contributed by atoms with van der Waals surface area (Å²) in [5.41, 5.74) is 7.75. The van der Waals surface area contributed by atoms with Crippen molar-refractivity contribution in [2.75, 3.05) is 10.6 Å². The van der Waals surface area contributed by atoms with Gasteiger partial charge in [-0.1, -0.05) is 112 Å². The molecule has 208 valence electrons. The van der Waals surface area contributed by atoms with Crippen molar-refractivity contribution >= 4 is 23.5 Å². The highest BCUT2D eigenvalue weighted by molar-refractivity contribution is 5.93. The van der Waals surface area contributed by atoms with E-state index in [1.54, 1.807) is 10.9 Å². The van der Waals surface area contributed by atoms with E-state index in [0.29, 0.717) is 17.9 Å². The van der Waals surface area contributed by atoms with Crippen LogP contribution in [0.5, 0.6) is 0 Å². The van der Waals surface area contributed by atoms with Crippen molar-refractivity contribution in [1.82, 2.24) is 9.78 Å². The number of nitrogens with two attached hydrogens (primary N) is 1. The van der Waals surface area contributed by atoms with Crippen LogP contribution in [-0.4, -0.2) is 27.9 Å². The number of rotatable bonds is 10. The number of ether oxygens (including phenoxy) is 1. The number of nitrogens with zero attached hydrogens (tertiary/aromatic N) is 2. The highest BCUT2D eigenvalue weighted by Crippen LogP contribution is 2.41. The van der Waals surface area contributed by atoms with E-state index in [-0.39, 0.29) is 17.7 Å². The van der Waals surface area contributed by atoms with Crippen molar-refractivity contribution in [3.8, 4) is 0 Å². The molecular weight excluding hydrogens is 502 g/mol. The van der Waals surface area contributed by atoms with Gasteiger partial charge in [0.1, 0.15) is 23.1 Å². The maximum absolute atomic E-state index is 13.1. The van der Waals surface area contributed by atoms with E-state index < -0.39 is 17.7 Å². The Labute approximate surface area is 235 Å². The van der Waals surface area contributed by atoms with Crippen LogP contribution in [0.4, 0.5) is 16.3 Å². The molecule has 0 aliphatic carbocycles. The molecule has 0 aliphatic rings. The van der Waals surface area contributed by atoms with E-state index in [1.807, 2.05) is 82.4 Å². The van der Waals surface area contributed by atoms with Gasteiger partial charge in [0.05, 0.1) is 6.20 Å². The SMILES string of the molecule is Cn1ncc(NC(=O)CCC(OC(N)=O)C(C)(C)C)c1NC(c1ccccc1)(c1ccccc1)c1ccccc1. The van der Waals surface area contributed by atoms with Gasteiger partial charge < -0.3 is 21.1 Å². The highest BCUT2D eigenvalue weighted by Gasteiger charge is 2.38. The third kappa shape index (κ3) is 6.34. The smallest absolute Gasteiger partial charge is 0.404 e. The predicted octanol–water partition coefficient (Wildman–Crippen LogP) is 6.05. The Morgan fingerprint density at radius 1 is 0.875 bits per heavy atom. The fourth-order valence-electron chi connectivity index (χ4n) is 4.92. The quantitative estimate of drug-likeness (QED) is 0.212. The van der Waals surface area contributed by atoms with E-state index in [0.717, 1.165) is 16.7 Å². The Bertz CT molecular complexity index is 1320. The molecule has 0 saturated carbocycles. The first kappa shape index (κ1) is 28.4. The van der Waals surface area contributed by atoms with Crippen LogP contribution < -0.4 is 16.4 Å². The molecule has 1 heterocycles. The fourth-order valence-corrected chi connectivity index (χ4v) is 4.92. The van der Waals surface area contributed by atoms with Gasteiger partial charge >= 0.3 is 6.09 Å². The van der Waals surface area contributed by atoms with Crippen molar-refractivity contribution in [1.29, 1.82) is 0 Å². The number of aromatic nitrogens is 2. The van der Waals surface area contributed by atoms with E-state index >= 15 is 0 Å². The van der Waals surface area contributed by atoms with Gasteiger partial charge in [-0.2, -0.15) is 5.10 Å². The van der Waals surface area contributed by atoms with Gasteiger partial charge in [-0.25, -0.2) is 4.79 Å². The zero-order valence-corrected chi connectivity index (χ0v) is 23.4. The van der Waals surface area contributed by atoms with Crippen LogP contribution in [0.25, 0.3) is 0 Å². The van der Waals surface area contributed by atoms with Gasteiger partial charge in [0.15, 0.2) is 0 Å². The Kier molecular flexibility index (Phi) is 8.58. The summed E-state index contributed by atoms with van der Waals surface area (Å²) in [6.45, 7) is 5.83. The Balaban J connectivity index is 1.70. The van der Waals surface area contributed by atoms with Crippen LogP contribution in [0.2, 0.25) is 0 Å². The number of anilines is 2. The largest absolute Gasteiger partial charge is 0.446 e. The first-order valence-electron chi connectivity index (χ1n) is 13.3. The normalized spacial score (nSPS) is 12.4. The van der Waals surface area contributed by atoms with E-state index in [4.69, 9.17) is 10.5 Å². The molecule has 0 radical (unpaired) electrons. The number of amides is 2. The van der Waals surface area contributed by atoms with Crippen LogP contribution >= 0.6 is 0 Å². The zero-order chi connectivity index (χ0) is 28.8. The molecular formula is C32H37N5O3. The molecule has 4 aromatic rings. The van der Waals surface area contributed by atoms with Crippen molar-refractivity contribution < 1.29 is 14.3 Å². The first-order valence-corrected chi connectivity index (χ1v) is 13.3. The molecule has 8 nitrogen and oxygen atoms in total. The number of carbonyl (C=O) groups is 2. The molecule has 4 N–H and O–H groups in total. The second-order valence-corrected chi connectivity index (χ2v) is 10.9. The molecule has 0 aliphatic heterocycles. The summed E-state index contributed by atoms with van der Waals surface area (Å²) in [6, 6.07) is 30.6. The van der Waals surface area contributed by atoms with Crippen molar-refractivity contribution in [3.05, 3.63) is 114 Å². The molecule has 0 bridgehead atoms. The molecule has 1 atom stereocenters. The minimum absolute atomic E-state index is 0.144. The minimum Gasteiger partial charge on any atom is -0.446 e. The summed E-state index contributed by atoms with van der Waals surface area (Å²) >= 11 is 0. The Morgan fingerprint density at radius 3 is 1.77 bits per heavy atom. The maximum Gasteiger partial charge on any atom is 0.404 e. The number of carbonyl (C=O) groups excluding carboxylic acids is 2. The van der Waals surface area contributed by atoms with E-state index in [9.17, 15) is 9.59 Å². The number of benzene rings is 3. The third-order valence-electron chi connectivity index (χ3n) is 7.00. The predicted molar refractivity (Wildman–Crippen MR) is 158 cm³/mol. The van der Waals surface area contributed by atoms with E-state index in [1.165, 1.54) is 0 Å². The number of hydrogen-bond donors (Lipinski definition) is 3. The van der Waals surface area contributed by atoms with Crippen LogP contribution in [-0.2, 0) is 22.1 Å². The second-order valence-electron chi connectivity index (χ2n) is 10.9. The lowest BCUT2D eigenvalue weighted by atomic mass is 9.77. The third-order valence-corrected chi connectivity index (χ3v) is 7.00. The molecule has 40 heavy (non-hydrogen) atoms. The fraction of sp³-hybridized carbons (Fsp3) is 0.281. The number of aryl methyl sites for hydroxylation is 1. The van der Waals surface area contributed by atoms with Crippen molar-refractivity contribution in [3.63, 3.8) is 0 Å². The first-order chi connectivity index (χ1) is 19.1. The topological polar surface area (TPSA) is 111 Å². The zero-order valence-electron chi connectivity index (χ0n) is 23.4. The Morgan fingerprint density at radius 2 is 1.35 bits per heavy atom. The maximum atomic E-state index is 13.1. The summed E-state index contributed by atoms with van der Waals surface area (Å²) in [5, 5.41) is 11.3. The molecule has 0 fully saturated rings. The lowest BCUT2D eigenvalue weighted by Gasteiger charge is -2.38. The molecule has 4 rings (SSSR count). The summed E-state index contributed by atoms with van der Waals surface area (Å²) < 4.78 is 7.00. The summed E-state index contributed by atoms with van der Waals surface area (Å²) in [5.74, 6) is 0.425. The molecule has 0 saturated heterocycles. The van der Waals surface area contributed by atoms with Crippen LogP contribution in [0.15, 0.2) is 97.2 Å². The van der Waals surface area contributed by atoms with Gasteiger partial charge in [0.25, 0.3) is 0 Å². The molecule has 1 aromatic heterocycles. The van der Waals surface area contributed by atoms with Gasteiger partial charge in [0.2, 0.25) is 5.91 Å². The van der Waals surface area contributed by atoms with Gasteiger partial charge in [0, 0.05) is 13.5 Å². The van der Waals surface area contributed by atoms with Gasteiger partial charge in [-0.3, -0.25) is 9.48 Å². The molecule has 8 heteroatoms. The molecule has 3 aromatic carbocycles. The number of nitrogens with one attached hydrogen (secondary N) is 2. The lowest BCUT2D eigenvalue weighted by molar-refractivity contribution is -0.117. The molecule has 1 unspecified atom stereocenters. The van der Waals surface area contributed by atoms with Crippen LogP contribution in [0.1, 0.15) is 50.3 Å². The molecule has 2 amide bonds. The van der Waals surface area contributed by atoms with Crippen LogP contribution in [0.3, 0.4) is 0 Å². The average molecular weight is 540 g/mol. The highest BCUT2D eigenvalue weighted by atomic mass is 16.6. The number of hydrogen-bond acceptors (Lipinski definition) is 5. The monoisotopic (exact) mass is 539 g/mol. The lowest BCUT2D eigenvalue weighted by Crippen LogP contribution is -2.39. The van der Waals surface area contributed by atoms with Gasteiger partial charge in [-0.05, 0) is 28.5 Å². The summed E-state index contributed by atoms with van der Waals surface area (Å²) in [6.07, 6.45) is 0.767. The van der Waals surface area contributed by atoms with E-state index in [2.05, 4.69) is 52.1 Å². The van der Waals surface area contributed by atoms with Gasteiger partial charge in [-0.15, -0.1) is 0 Å². The minimum atomic E-state index is -0.849. The standard InChI is InChI=1S/C32H37N5O3/c1-31(2,3)27(40-30(33)39)20-21-28(38)35-26-22-34-37(4)29(26)36-32(23-14-8-5-9-15-23,24-16-10-6-11-17-24)25-18-12-7-13-19-25/h5-19,22,27,36H,20-21H2,1-4H3,(H2,33,39)(H,35,38). The van der Waals surface area contributed by atoms with Crippen molar-refractivity contribution in [2.24, 2.45) is 18.2 Å². The number of primary amides is 1. The average Bonchev–Trinajstić information content (AvgIpc) is 3.28. The summed E-state index contributed by atoms with van der Waals surface area (Å²) in [7, 11) is 1.83. The molecule has 0 spiro atoms. The second kappa shape index (κ2) is 12.1.